The Hall–Kier alpha value is -1.36. The molecule has 1 aromatic rings. The molecule has 5 nitrogen and oxygen atoms in total. The molecule has 8 heteroatoms. The fourth-order valence-electron chi connectivity index (χ4n) is 3.55. The molecule has 3 saturated heterocycles. The van der Waals surface area contributed by atoms with Crippen molar-refractivity contribution in [2.45, 2.75) is 42.9 Å². The van der Waals surface area contributed by atoms with Crippen molar-refractivity contribution in [3.63, 3.8) is 0 Å². The van der Waals surface area contributed by atoms with E-state index in [9.17, 15) is 14.9 Å². The van der Waals surface area contributed by atoms with E-state index in [-0.39, 0.29) is 11.8 Å². The molecule has 0 aliphatic carbocycles. The van der Waals surface area contributed by atoms with E-state index in [0.29, 0.717) is 11.4 Å². The lowest BCUT2D eigenvalue weighted by Crippen LogP contribution is -2.60. The van der Waals surface area contributed by atoms with Crippen molar-refractivity contribution >= 4 is 45.0 Å². The van der Waals surface area contributed by atoms with Crippen molar-refractivity contribution in [3.8, 4) is 6.07 Å². The Bertz CT molecular complexity index is 812. The molecule has 1 N–H and O–H groups in total. The maximum absolute atomic E-state index is 13.1. The standard InChI is InChI=1S/C18H20ClN3O2S2/c1-16(10-20)9-17(2)15(24)22(4)18(3,26-25-17)14(23)21-13(16)11-5-7-12(19)8-6-11/h5-8,13H,9H2,1-4H3,(H,21,23)/t13-,16+,17?,18?/m0/s1. The minimum absolute atomic E-state index is 0.128. The van der Waals surface area contributed by atoms with Gasteiger partial charge in [-0.3, -0.25) is 9.59 Å². The van der Waals surface area contributed by atoms with Gasteiger partial charge in [0.15, 0.2) is 4.87 Å². The van der Waals surface area contributed by atoms with E-state index in [1.807, 2.05) is 19.1 Å². The second-order valence-electron chi connectivity index (χ2n) is 7.41. The number of nitrogens with one attached hydrogen (secondary N) is 1. The number of amides is 2. The van der Waals surface area contributed by atoms with E-state index in [2.05, 4.69) is 11.4 Å². The lowest BCUT2D eigenvalue weighted by Gasteiger charge is -2.46. The zero-order valence-corrected chi connectivity index (χ0v) is 17.4. The monoisotopic (exact) mass is 409 g/mol. The molecule has 3 fully saturated rings. The lowest BCUT2D eigenvalue weighted by molar-refractivity contribution is -0.141. The molecule has 1 aromatic carbocycles. The number of benzene rings is 1. The van der Waals surface area contributed by atoms with Crippen LogP contribution in [-0.4, -0.2) is 33.4 Å². The van der Waals surface area contributed by atoms with E-state index in [0.717, 1.165) is 5.56 Å². The SMILES string of the molecule is CN1C(=O)C2(C)C[C@](C)(C#N)[C@H](c3ccc(Cl)cc3)NC(=O)C1(C)SS2. The highest BCUT2D eigenvalue weighted by Gasteiger charge is 2.58. The fourth-order valence-corrected chi connectivity index (χ4v) is 6.91. The van der Waals surface area contributed by atoms with Gasteiger partial charge in [-0.25, -0.2) is 0 Å². The molecule has 26 heavy (non-hydrogen) atoms. The van der Waals surface area contributed by atoms with Gasteiger partial charge < -0.3 is 10.2 Å². The summed E-state index contributed by atoms with van der Waals surface area (Å²) in [6.07, 6.45) is 0.320. The normalized spacial score (nSPS) is 37.4. The Morgan fingerprint density at radius 2 is 1.85 bits per heavy atom. The third-order valence-corrected chi connectivity index (χ3v) is 9.42. The maximum Gasteiger partial charge on any atom is 0.257 e. The van der Waals surface area contributed by atoms with Crippen LogP contribution in [0.2, 0.25) is 5.02 Å². The number of halogens is 1. The minimum Gasteiger partial charge on any atom is -0.345 e. The number of nitrogens with zero attached hydrogens (tertiary/aromatic N) is 2. The largest absolute Gasteiger partial charge is 0.345 e. The van der Waals surface area contributed by atoms with Crippen LogP contribution in [0, 0.1) is 16.7 Å². The average Bonchev–Trinajstić information content (AvgIpc) is 2.65. The number of carbonyl (C=O) groups excluding carboxylic acids is 2. The third-order valence-electron chi connectivity index (χ3n) is 5.28. The summed E-state index contributed by atoms with van der Waals surface area (Å²) in [4.78, 5) is 26.7. The van der Waals surface area contributed by atoms with E-state index in [1.54, 1.807) is 33.0 Å². The van der Waals surface area contributed by atoms with Crippen LogP contribution in [0.15, 0.2) is 24.3 Å². The average molecular weight is 410 g/mol. The van der Waals surface area contributed by atoms with E-state index in [1.165, 1.54) is 26.5 Å². The highest BCUT2D eigenvalue weighted by molar-refractivity contribution is 8.78. The predicted molar refractivity (Wildman–Crippen MR) is 105 cm³/mol. The predicted octanol–water partition coefficient (Wildman–Crippen LogP) is 3.76. The lowest BCUT2D eigenvalue weighted by atomic mass is 9.73. The van der Waals surface area contributed by atoms with Gasteiger partial charge >= 0.3 is 0 Å². The minimum atomic E-state index is -1.04. The number of rotatable bonds is 1. The maximum atomic E-state index is 13.1. The Balaban J connectivity index is 2.17. The molecule has 0 radical (unpaired) electrons. The molecule has 138 valence electrons. The van der Waals surface area contributed by atoms with Crippen molar-refractivity contribution in [2.75, 3.05) is 7.05 Å². The second-order valence-corrected chi connectivity index (χ2v) is 10.9. The molecule has 3 aliphatic rings. The van der Waals surface area contributed by atoms with Crippen molar-refractivity contribution in [1.82, 2.24) is 10.2 Å². The fraction of sp³-hybridized carbons (Fsp3) is 0.500. The molecule has 2 amide bonds. The number of likely N-dealkylation sites (N-methyl/N-ethyl adjacent to an activating group) is 1. The van der Waals surface area contributed by atoms with Crippen molar-refractivity contribution in [2.24, 2.45) is 5.41 Å². The molecule has 2 unspecified atom stereocenters. The van der Waals surface area contributed by atoms with Crippen LogP contribution in [0.25, 0.3) is 0 Å². The number of carbonyl (C=O) groups is 2. The molecule has 4 atom stereocenters. The second kappa shape index (κ2) is 6.36. The van der Waals surface area contributed by atoms with Crippen molar-refractivity contribution in [3.05, 3.63) is 34.9 Å². The summed E-state index contributed by atoms with van der Waals surface area (Å²) >= 11 is 6.00. The van der Waals surface area contributed by atoms with Gasteiger partial charge in [0, 0.05) is 12.1 Å². The van der Waals surface area contributed by atoms with E-state index < -0.39 is 21.1 Å². The molecule has 3 aliphatic heterocycles. The van der Waals surface area contributed by atoms with E-state index in [4.69, 9.17) is 11.6 Å². The topological polar surface area (TPSA) is 73.2 Å². The highest BCUT2D eigenvalue weighted by Crippen LogP contribution is 2.57. The van der Waals surface area contributed by atoms with Crippen LogP contribution in [0.4, 0.5) is 0 Å². The van der Waals surface area contributed by atoms with Gasteiger partial charge in [-0.1, -0.05) is 45.3 Å². The van der Waals surface area contributed by atoms with Gasteiger partial charge in [0.05, 0.1) is 17.5 Å². The van der Waals surface area contributed by atoms with Gasteiger partial charge in [-0.05, 0) is 44.9 Å². The molecule has 0 aromatic heterocycles. The summed E-state index contributed by atoms with van der Waals surface area (Å²) < 4.78 is -0.791. The Labute approximate surface area is 166 Å². The first-order valence-electron chi connectivity index (χ1n) is 8.18. The Morgan fingerprint density at radius 3 is 2.42 bits per heavy atom. The Morgan fingerprint density at radius 1 is 1.23 bits per heavy atom. The quantitative estimate of drug-likeness (QED) is 0.715. The van der Waals surface area contributed by atoms with Gasteiger partial charge in [-0.15, -0.1) is 0 Å². The first-order chi connectivity index (χ1) is 12.1. The molecular formula is C18H20ClN3O2S2. The smallest absolute Gasteiger partial charge is 0.257 e. The summed E-state index contributed by atoms with van der Waals surface area (Å²) in [5.41, 5.74) is -0.164. The highest BCUT2D eigenvalue weighted by atomic mass is 35.5. The van der Waals surface area contributed by atoms with E-state index >= 15 is 0 Å². The van der Waals surface area contributed by atoms with Gasteiger partial charge in [-0.2, -0.15) is 5.26 Å². The third kappa shape index (κ3) is 2.88. The van der Waals surface area contributed by atoms with Gasteiger partial charge in [0.25, 0.3) is 5.91 Å². The molecular weight excluding hydrogens is 390 g/mol. The summed E-state index contributed by atoms with van der Waals surface area (Å²) in [6, 6.07) is 8.95. The van der Waals surface area contributed by atoms with Crippen molar-refractivity contribution in [1.29, 1.82) is 5.26 Å². The molecule has 0 saturated carbocycles. The Kier molecular flexibility index (Phi) is 4.75. The number of hydrogen-bond acceptors (Lipinski definition) is 5. The molecule has 4 rings (SSSR count). The summed E-state index contributed by atoms with van der Waals surface area (Å²) in [6.45, 7) is 5.40. The van der Waals surface area contributed by atoms with Crippen LogP contribution < -0.4 is 5.32 Å². The molecule has 0 spiro atoms. The number of hydrogen-bond donors (Lipinski definition) is 1. The van der Waals surface area contributed by atoms with Crippen LogP contribution >= 0.6 is 33.2 Å². The van der Waals surface area contributed by atoms with Crippen LogP contribution in [0.1, 0.15) is 38.8 Å². The summed E-state index contributed by atoms with van der Waals surface area (Å²) in [5.74, 6) is -0.409. The zero-order valence-electron chi connectivity index (χ0n) is 15.0. The van der Waals surface area contributed by atoms with Crippen LogP contribution in [0.5, 0.6) is 0 Å². The van der Waals surface area contributed by atoms with Crippen LogP contribution in [0.3, 0.4) is 0 Å². The number of nitriles is 1. The molecule has 2 bridgehead atoms. The number of fused-ring (bicyclic) bond motifs is 6. The summed E-state index contributed by atoms with van der Waals surface area (Å²) in [5, 5.41) is 13.6. The van der Waals surface area contributed by atoms with Gasteiger partial charge in [0.1, 0.15) is 4.75 Å². The molecule has 3 heterocycles. The van der Waals surface area contributed by atoms with Crippen molar-refractivity contribution < 1.29 is 9.59 Å². The first kappa shape index (κ1) is 19.4. The van der Waals surface area contributed by atoms with Crippen LogP contribution in [-0.2, 0) is 9.59 Å². The van der Waals surface area contributed by atoms with Gasteiger partial charge in [0.2, 0.25) is 5.91 Å². The zero-order chi connectivity index (χ0) is 19.3. The first-order valence-corrected chi connectivity index (χ1v) is 10.7. The summed E-state index contributed by atoms with van der Waals surface area (Å²) in [7, 11) is 4.41.